The van der Waals surface area contributed by atoms with Crippen molar-refractivity contribution < 1.29 is 9.32 Å². The third-order valence-electron chi connectivity index (χ3n) is 2.88. The second-order valence-corrected chi connectivity index (χ2v) is 4.15. The van der Waals surface area contributed by atoms with Crippen molar-refractivity contribution in [1.29, 1.82) is 0 Å². The summed E-state index contributed by atoms with van der Waals surface area (Å²) in [4.78, 5) is 16.4. The molecule has 3 aromatic rings. The number of para-hydroxylation sites is 1. The molecular formula is C14H11N3O2. The predicted molar refractivity (Wildman–Crippen MR) is 70.9 cm³/mol. The fourth-order valence-electron chi connectivity index (χ4n) is 1.91. The molecule has 0 fully saturated rings. The zero-order chi connectivity index (χ0) is 13.2. The van der Waals surface area contributed by atoms with Crippen molar-refractivity contribution >= 4 is 22.5 Å². The minimum atomic E-state index is -0.253. The number of aromatic nitrogens is 2. The molecule has 0 atom stereocenters. The van der Waals surface area contributed by atoms with Crippen molar-refractivity contribution in [1.82, 2.24) is 10.1 Å². The van der Waals surface area contributed by atoms with Crippen LogP contribution in [0.15, 0.2) is 47.3 Å². The van der Waals surface area contributed by atoms with Crippen molar-refractivity contribution in [2.24, 2.45) is 0 Å². The smallest absolute Gasteiger partial charge is 0.260 e. The second-order valence-electron chi connectivity index (χ2n) is 4.15. The highest BCUT2D eigenvalue weighted by atomic mass is 16.5. The maximum absolute atomic E-state index is 12.1. The van der Waals surface area contributed by atoms with Crippen molar-refractivity contribution in [2.75, 3.05) is 5.32 Å². The highest BCUT2D eigenvalue weighted by molar-refractivity contribution is 6.08. The summed E-state index contributed by atoms with van der Waals surface area (Å²) < 4.78 is 4.77. The number of carbonyl (C=O) groups excluding carboxylic acids is 1. The van der Waals surface area contributed by atoms with Crippen LogP contribution >= 0.6 is 0 Å². The molecule has 0 aliphatic carbocycles. The Labute approximate surface area is 109 Å². The average molecular weight is 253 g/mol. The number of anilines is 1. The number of benzene rings is 1. The molecule has 19 heavy (non-hydrogen) atoms. The van der Waals surface area contributed by atoms with E-state index in [2.05, 4.69) is 15.5 Å². The highest BCUT2D eigenvalue weighted by Crippen LogP contribution is 2.21. The maximum atomic E-state index is 12.1. The van der Waals surface area contributed by atoms with Gasteiger partial charge in [-0.2, -0.15) is 0 Å². The van der Waals surface area contributed by atoms with E-state index in [1.54, 1.807) is 13.1 Å². The van der Waals surface area contributed by atoms with E-state index >= 15 is 0 Å². The molecule has 0 unspecified atom stereocenters. The van der Waals surface area contributed by atoms with E-state index in [1.165, 1.54) is 6.26 Å². The molecule has 1 N–H and O–H groups in total. The number of fused-ring (bicyclic) bond motifs is 1. The molecule has 2 aromatic heterocycles. The molecular weight excluding hydrogens is 242 g/mol. The molecule has 94 valence electrons. The van der Waals surface area contributed by atoms with E-state index in [1.807, 2.05) is 30.3 Å². The lowest BCUT2D eigenvalue weighted by atomic mass is 10.2. The first kappa shape index (κ1) is 11.4. The minimum Gasteiger partial charge on any atom is -0.364 e. The van der Waals surface area contributed by atoms with Gasteiger partial charge in [-0.3, -0.25) is 9.78 Å². The summed E-state index contributed by atoms with van der Waals surface area (Å²) in [6, 6.07) is 9.44. The molecule has 0 spiro atoms. The first-order valence-electron chi connectivity index (χ1n) is 5.82. The van der Waals surface area contributed by atoms with E-state index < -0.39 is 0 Å². The second kappa shape index (κ2) is 4.53. The zero-order valence-electron chi connectivity index (χ0n) is 10.3. The number of nitrogens with one attached hydrogen (secondary N) is 1. The molecule has 3 rings (SSSR count). The fraction of sp³-hybridized carbons (Fsp3) is 0.0714. The maximum Gasteiger partial charge on any atom is 0.260 e. The van der Waals surface area contributed by atoms with Crippen LogP contribution in [0.3, 0.4) is 0 Å². The Morgan fingerprint density at radius 3 is 2.89 bits per heavy atom. The van der Waals surface area contributed by atoms with Crippen LogP contribution in [0, 0.1) is 6.92 Å². The predicted octanol–water partition coefficient (Wildman–Crippen LogP) is 2.78. The third kappa shape index (κ3) is 2.06. The van der Waals surface area contributed by atoms with E-state index in [0.717, 1.165) is 10.9 Å². The number of hydrogen-bond acceptors (Lipinski definition) is 4. The van der Waals surface area contributed by atoms with E-state index in [4.69, 9.17) is 4.52 Å². The van der Waals surface area contributed by atoms with Gasteiger partial charge in [0.05, 0.1) is 16.9 Å². The van der Waals surface area contributed by atoms with Crippen molar-refractivity contribution in [3.05, 3.63) is 54.0 Å². The molecule has 0 saturated heterocycles. The SMILES string of the molecule is Cc1nocc1C(=O)Nc1cccc2cccnc12. The van der Waals surface area contributed by atoms with Gasteiger partial charge >= 0.3 is 0 Å². The Bertz CT molecular complexity index is 744. The number of carbonyl (C=O) groups is 1. The highest BCUT2D eigenvalue weighted by Gasteiger charge is 2.14. The molecule has 0 bridgehead atoms. The van der Waals surface area contributed by atoms with Crippen molar-refractivity contribution in [3.63, 3.8) is 0 Å². The molecule has 5 heteroatoms. The lowest BCUT2D eigenvalue weighted by molar-refractivity contribution is 0.102. The first-order chi connectivity index (χ1) is 9.25. The Kier molecular flexibility index (Phi) is 2.72. The lowest BCUT2D eigenvalue weighted by Gasteiger charge is -2.06. The molecule has 5 nitrogen and oxygen atoms in total. The topological polar surface area (TPSA) is 68.0 Å². The van der Waals surface area contributed by atoms with Gasteiger partial charge in [-0.25, -0.2) is 0 Å². The quantitative estimate of drug-likeness (QED) is 0.762. The lowest BCUT2D eigenvalue weighted by Crippen LogP contribution is -2.12. The monoisotopic (exact) mass is 253 g/mol. The van der Waals surface area contributed by atoms with Crippen LogP contribution in [-0.4, -0.2) is 16.0 Å². The molecule has 0 radical (unpaired) electrons. The van der Waals surface area contributed by atoms with Crippen LogP contribution in [-0.2, 0) is 0 Å². The first-order valence-corrected chi connectivity index (χ1v) is 5.82. The van der Waals surface area contributed by atoms with Crippen LogP contribution < -0.4 is 5.32 Å². The zero-order valence-corrected chi connectivity index (χ0v) is 10.3. The normalized spacial score (nSPS) is 10.6. The molecule has 0 saturated carbocycles. The number of amides is 1. The van der Waals surface area contributed by atoms with Gasteiger partial charge in [0.25, 0.3) is 5.91 Å². The van der Waals surface area contributed by atoms with Gasteiger partial charge < -0.3 is 9.84 Å². The van der Waals surface area contributed by atoms with E-state index in [-0.39, 0.29) is 5.91 Å². The van der Waals surface area contributed by atoms with Gasteiger partial charge in [0, 0.05) is 11.6 Å². The molecule has 2 heterocycles. The van der Waals surface area contributed by atoms with E-state index in [0.29, 0.717) is 16.9 Å². The summed E-state index contributed by atoms with van der Waals surface area (Å²) in [5.74, 6) is -0.253. The van der Waals surface area contributed by atoms with Gasteiger partial charge in [-0.05, 0) is 19.1 Å². The Morgan fingerprint density at radius 2 is 2.11 bits per heavy atom. The Balaban J connectivity index is 1.98. The van der Waals surface area contributed by atoms with Gasteiger partial charge in [0.2, 0.25) is 0 Å². The average Bonchev–Trinajstić information content (AvgIpc) is 2.85. The minimum absolute atomic E-state index is 0.253. The van der Waals surface area contributed by atoms with Gasteiger partial charge in [-0.15, -0.1) is 0 Å². The Morgan fingerprint density at radius 1 is 1.26 bits per heavy atom. The molecule has 1 amide bonds. The Hall–Kier alpha value is -2.69. The molecule has 0 aliphatic heterocycles. The number of nitrogens with zero attached hydrogens (tertiary/aromatic N) is 2. The largest absolute Gasteiger partial charge is 0.364 e. The summed E-state index contributed by atoms with van der Waals surface area (Å²) in [6.45, 7) is 1.72. The van der Waals surface area contributed by atoms with Gasteiger partial charge in [-0.1, -0.05) is 23.4 Å². The summed E-state index contributed by atoms with van der Waals surface area (Å²) in [5.41, 5.74) is 2.41. The summed E-state index contributed by atoms with van der Waals surface area (Å²) in [6.07, 6.45) is 3.03. The van der Waals surface area contributed by atoms with Crippen LogP contribution in [0.4, 0.5) is 5.69 Å². The number of hydrogen-bond donors (Lipinski definition) is 1. The molecule has 0 aliphatic rings. The number of rotatable bonds is 2. The van der Waals surface area contributed by atoms with E-state index in [9.17, 15) is 4.79 Å². The third-order valence-corrected chi connectivity index (χ3v) is 2.88. The van der Waals surface area contributed by atoms with Crippen LogP contribution in [0.2, 0.25) is 0 Å². The van der Waals surface area contributed by atoms with Crippen molar-refractivity contribution in [3.8, 4) is 0 Å². The van der Waals surface area contributed by atoms with Crippen molar-refractivity contribution in [2.45, 2.75) is 6.92 Å². The number of aryl methyl sites for hydroxylation is 1. The van der Waals surface area contributed by atoms with Crippen LogP contribution in [0.5, 0.6) is 0 Å². The van der Waals surface area contributed by atoms with Gasteiger partial charge in [0.1, 0.15) is 11.8 Å². The summed E-state index contributed by atoms with van der Waals surface area (Å²) in [5, 5.41) is 7.49. The summed E-state index contributed by atoms with van der Waals surface area (Å²) >= 11 is 0. The van der Waals surface area contributed by atoms with Gasteiger partial charge in [0.15, 0.2) is 0 Å². The standard InChI is InChI=1S/C14H11N3O2/c1-9-11(8-19-17-9)14(18)16-12-6-2-4-10-5-3-7-15-13(10)12/h2-8H,1H3,(H,16,18). The number of pyridine rings is 1. The van der Waals surface area contributed by atoms with Crippen LogP contribution in [0.1, 0.15) is 16.1 Å². The summed E-state index contributed by atoms with van der Waals surface area (Å²) in [7, 11) is 0. The van der Waals surface area contributed by atoms with Crippen LogP contribution in [0.25, 0.3) is 10.9 Å². The fourth-order valence-corrected chi connectivity index (χ4v) is 1.91. The molecule has 1 aromatic carbocycles.